The zero-order valence-corrected chi connectivity index (χ0v) is 41.3. The highest BCUT2D eigenvalue weighted by atomic mass is 16.6. The second-order valence-corrected chi connectivity index (χ2v) is 18.7. The number of nitrogens with one attached hydrogen (secondary N) is 1. The molecule has 2 saturated heterocycles. The topological polar surface area (TPSA) is 194 Å². The Morgan fingerprint density at radius 1 is 0.808 bits per heavy atom. The van der Waals surface area contributed by atoms with E-state index >= 15 is 19.2 Å². The van der Waals surface area contributed by atoms with E-state index in [2.05, 4.69) is 17.2 Å². The van der Waals surface area contributed by atoms with Gasteiger partial charge in [0, 0.05) is 25.1 Å². The Balaban J connectivity index is 1.36. The van der Waals surface area contributed by atoms with E-state index in [1.165, 1.54) is 14.2 Å². The molecule has 73 heavy (non-hydrogen) atoms. The average molecular weight is 991 g/mol. The fourth-order valence-electron chi connectivity index (χ4n) is 11.2. The van der Waals surface area contributed by atoms with Gasteiger partial charge in [0.2, 0.25) is 11.8 Å². The first kappa shape index (κ1) is 50.2. The lowest BCUT2D eigenvalue weighted by Crippen LogP contribution is -2.58. The van der Waals surface area contributed by atoms with Gasteiger partial charge in [0.05, 0.1) is 58.2 Å². The van der Waals surface area contributed by atoms with Crippen LogP contribution in [-0.2, 0) is 47.0 Å². The van der Waals surface area contributed by atoms with Crippen molar-refractivity contribution in [2.24, 2.45) is 11.8 Å². The molecule has 16 heteroatoms. The number of nitrogens with zero attached hydrogens (tertiary/aromatic N) is 3. The van der Waals surface area contributed by atoms with Crippen molar-refractivity contribution in [2.75, 3.05) is 52.6 Å². The molecule has 0 aromatic heterocycles. The lowest BCUT2D eigenvalue weighted by molar-refractivity contribution is -0.179. The minimum atomic E-state index is -2.15. The maximum Gasteiger partial charge on any atom is 0.329 e. The summed E-state index contributed by atoms with van der Waals surface area (Å²) in [6.45, 7) is 3.16. The van der Waals surface area contributed by atoms with Crippen LogP contribution in [0, 0.1) is 23.7 Å². The Labute approximate surface area is 423 Å². The Hall–Kier alpha value is -7.71. The summed E-state index contributed by atoms with van der Waals surface area (Å²) in [5.74, 6) is 2.43. The molecule has 0 aliphatic carbocycles. The number of imide groups is 1. The third-order valence-electron chi connectivity index (χ3n) is 14.4. The van der Waals surface area contributed by atoms with Gasteiger partial charge in [-0.1, -0.05) is 98.5 Å². The van der Waals surface area contributed by atoms with Crippen LogP contribution in [0.5, 0.6) is 17.2 Å². The van der Waals surface area contributed by atoms with Gasteiger partial charge >= 0.3 is 18.0 Å². The molecule has 16 nitrogen and oxygen atoms in total. The van der Waals surface area contributed by atoms with Crippen LogP contribution in [0.1, 0.15) is 77.4 Å². The van der Waals surface area contributed by atoms with Crippen molar-refractivity contribution in [3.05, 3.63) is 154 Å². The molecule has 5 aromatic rings. The van der Waals surface area contributed by atoms with Crippen LogP contribution in [0.15, 0.2) is 115 Å². The number of morpholine rings is 1. The molecule has 4 heterocycles. The van der Waals surface area contributed by atoms with Gasteiger partial charge in [0.25, 0.3) is 0 Å². The second kappa shape index (κ2) is 21.2. The number of carbonyl (C=O) groups excluding carboxylic acids is 5. The van der Waals surface area contributed by atoms with E-state index in [4.69, 9.17) is 23.7 Å². The number of amides is 4. The molecule has 0 saturated carbocycles. The van der Waals surface area contributed by atoms with E-state index in [0.717, 1.165) is 16.0 Å². The SMILES string of the molecule is COC(=O)[C@@H](NC(=O)N1C(=O)[C@@]2(c3cc(C#CCCO)ccc31)[C@H](C(=O)N1CCc3cc(OC)c(OC)cc3C1)[C@H]1C(=O)O[C@H](c3ccccc3)[C@H](c3ccccc3)N1[C@@H]2c1cccc(OCCO)c1)C(C)C. The highest BCUT2D eigenvalue weighted by molar-refractivity contribution is 6.25. The third-order valence-corrected chi connectivity index (χ3v) is 14.4. The fourth-order valence-corrected chi connectivity index (χ4v) is 11.2. The number of rotatable bonds is 13. The van der Waals surface area contributed by atoms with E-state index in [9.17, 15) is 15.0 Å². The Morgan fingerprint density at radius 3 is 2.15 bits per heavy atom. The Kier molecular flexibility index (Phi) is 14.6. The number of benzene rings is 5. The standard InChI is InChI=1S/C57H58N4O12/c1-34(2)47(53(65)71-5)58-56(68)60-43-23-22-35(15-12-13-26-62)29-42(43)57(55(60)67)46(52(64)59-25-24-38-31-44(69-3)45(70-4)32-40(38)33-59)49-54(66)73-50(37-18-10-7-11-19-37)48(36-16-8-6-9-17-36)61(49)51(57)39-20-14-21-41(30-39)72-28-27-63/h6-11,14,16-23,29-32,34,46-51,62-63H,13,24-28,33H2,1-5H3,(H,58,68)/t46-,47-,48-,49-,50+,51+,57-/m0/s1. The van der Waals surface area contributed by atoms with Gasteiger partial charge in [0.15, 0.2) is 11.5 Å². The quantitative estimate of drug-likeness (QED) is 0.0925. The number of carbonyl (C=O) groups is 5. The number of urea groups is 1. The van der Waals surface area contributed by atoms with Crippen LogP contribution in [0.3, 0.4) is 0 Å². The van der Waals surface area contributed by atoms with E-state index in [0.29, 0.717) is 45.9 Å². The van der Waals surface area contributed by atoms with Gasteiger partial charge in [-0.05, 0) is 88.2 Å². The number of anilines is 1. The fraction of sp³-hybridized carbons (Fsp3) is 0.351. The average Bonchev–Trinajstić information content (AvgIpc) is 3.91. The van der Waals surface area contributed by atoms with Gasteiger partial charge < -0.3 is 44.1 Å². The summed E-state index contributed by atoms with van der Waals surface area (Å²) < 4.78 is 29.1. The molecule has 0 unspecified atom stereocenters. The van der Waals surface area contributed by atoms with Crippen molar-refractivity contribution in [3.63, 3.8) is 0 Å². The summed E-state index contributed by atoms with van der Waals surface area (Å²) in [4.78, 5) is 82.1. The van der Waals surface area contributed by atoms with Crippen molar-refractivity contribution in [3.8, 4) is 29.1 Å². The highest BCUT2D eigenvalue weighted by Crippen LogP contribution is 2.66. The van der Waals surface area contributed by atoms with Crippen molar-refractivity contribution in [1.29, 1.82) is 0 Å². The molecular formula is C57H58N4O12. The van der Waals surface area contributed by atoms with Gasteiger partial charge in [-0.25, -0.2) is 14.5 Å². The normalized spacial score (nSPS) is 22.3. The maximum atomic E-state index is 16.9. The number of cyclic esters (lactones) is 1. The predicted molar refractivity (Wildman–Crippen MR) is 267 cm³/mol. The van der Waals surface area contributed by atoms with Crippen molar-refractivity contribution in [1.82, 2.24) is 15.1 Å². The molecule has 3 N–H and O–H groups in total. The predicted octanol–water partition coefficient (Wildman–Crippen LogP) is 5.97. The van der Waals surface area contributed by atoms with E-state index in [1.807, 2.05) is 77.7 Å². The second-order valence-electron chi connectivity index (χ2n) is 18.7. The van der Waals surface area contributed by atoms with Crippen molar-refractivity contribution < 1.29 is 57.9 Å². The molecule has 0 bridgehead atoms. The van der Waals surface area contributed by atoms with Crippen LogP contribution in [0.25, 0.3) is 0 Å². The summed E-state index contributed by atoms with van der Waals surface area (Å²) in [5.41, 5.74) is 2.10. The zero-order chi connectivity index (χ0) is 51.6. The summed E-state index contributed by atoms with van der Waals surface area (Å²) in [6.07, 6.45) is -0.445. The van der Waals surface area contributed by atoms with Gasteiger partial charge in [-0.3, -0.25) is 19.3 Å². The largest absolute Gasteiger partial charge is 0.493 e. The lowest BCUT2D eigenvalue weighted by atomic mass is 9.64. The van der Waals surface area contributed by atoms with Crippen LogP contribution < -0.4 is 24.4 Å². The molecule has 5 aromatic carbocycles. The number of aliphatic hydroxyl groups excluding tert-OH is 2. The van der Waals surface area contributed by atoms with Crippen molar-refractivity contribution >= 4 is 35.5 Å². The maximum absolute atomic E-state index is 16.9. The molecule has 4 aliphatic heterocycles. The summed E-state index contributed by atoms with van der Waals surface area (Å²) in [5, 5.41) is 22.4. The van der Waals surface area contributed by atoms with E-state index in [-0.39, 0.29) is 50.6 Å². The molecule has 378 valence electrons. The minimum Gasteiger partial charge on any atom is -0.493 e. The Bertz CT molecular complexity index is 2970. The number of aliphatic hydroxyl groups is 2. The molecule has 4 aliphatic rings. The number of ether oxygens (including phenoxy) is 5. The van der Waals surface area contributed by atoms with E-state index in [1.54, 1.807) is 68.3 Å². The first-order valence-corrected chi connectivity index (χ1v) is 24.3. The first-order valence-electron chi connectivity index (χ1n) is 24.3. The van der Waals surface area contributed by atoms with Crippen LogP contribution in [-0.4, -0.2) is 110 Å². The summed E-state index contributed by atoms with van der Waals surface area (Å²) >= 11 is 0. The molecule has 1 spiro atoms. The van der Waals surface area contributed by atoms with Gasteiger partial charge in [-0.15, -0.1) is 0 Å². The van der Waals surface area contributed by atoms with E-state index < -0.39 is 77.3 Å². The number of fused-ring (bicyclic) bond motifs is 4. The number of hydrogen-bond donors (Lipinski definition) is 3. The zero-order valence-electron chi connectivity index (χ0n) is 41.3. The first-order chi connectivity index (χ1) is 35.4. The Morgan fingerprint density at radius 2 is 1.49 bits per heavy atom. The van der Waals surface area contributed by atoms with Gasteiger partial charge in [0.1, 0.15) is 36.0 Å². The third kappa shape index (κ3) is 8.91. The van der Waals surface area contributed by atoms with Crippen LogP contribution >= 0.6 is 0 Å². The molecular weight excluding hydrogens is 933 g/mol. The smallest absolute Gasteiger partial charge is 0.329 e. The molecule has 0 radical (unpaired) electrons. The summed E-state index contributed by atoms with van der Waals surface area (Å²) in [7, 11) is 4.29. The van der Waals surface area contributed by atoms with Crippen LogP contribution in [0.2, 0.25) is 0 Å². The number of hydrogen-bond acceptors (Lipinski definition) is 13. The lowest BCUT2D eigenvalue weighted by Gasteiger charge is -2.46. The number of esters is 2. The van der Waals surface area contributed by atoms with Crippen molar-refractivity contribution in [2.45, 2.75) is 68.9 Å². The molecule has 2 fully saturated rings. The minimum absolute atomic E-state index is 0.0579. The highest BCUT2D eigenvalue weighted by Gasteiger charge is 2.76. The van der Waals surface area contributed by atoms with Crippen LogP contribution in [0.4, 0.5) is 10.5 Å². The number of methoxy groups -OCH3 is 3. The monoisotopic (exact) mass is 990 g/mol. The molecule has 9 rings (SSSR count). The van der Waals surface area contributed by atoms with Gasteiger partial charge in [-0.2, -0.15) is 0 Å². The summed E-state index contributed by atoms with van der Waals surface area (Å²) in [6, 6.07) is 28.6. The molecule has 4 amide bonds. The molecule has 7 atom stereocenters.